The Morgan fingerprint density at radius 2 is 1.68 bits per heavy atom. The fraction of sp³-hybridized carbons (Fsp3) is 0.481. The fourth-order valence-electron chi connectivity index (χ4n) is 3.53. The second-order valence-corrected chi connectivity index (χ2v) is 9.65. The van der Waals surface area contributed by atoms with E-state index in [2.05, 4.69) is 5.32 Å². The maximum absolute atomic E-state index is 13.4. The summed E-state index contributed by atoms with van der Waals surface area (Å²) < 4.78 is 11.3. The molecule has 186 valence electrons. The third-order valence-corrected chi connectivity index (χ3v) is 5.38. The topological polar surface area (TPSA) is 67.9 Å². The highest BCUT2D eigenvalue weighted by Crippen LogP contribution is 2.29. The lowest BCUT2D eigenvalue weighted by molar-refractivity contribution is -0.141. The third-order valence-electron chi connectivity index (χ3n) is 5.14. The van der Waals surface area contributed by atoms with Crippen molar-refractivity contribution in [1.29, 1.82) is 0 Å². The van der Waals surface area contributed by atoms with Crippen molar-refractivity contribution in [1.82, 2.24) is 10.2 Å². The lowest BCUT2D eigenvalue weighted by Crippen LogP contribution is -2.52. The molecule has 7 heteroatoms. The van der Waals surface area contributed by atoms with E-state index in [4.69, 9.17) is 21.1 Å². The highest BCUT2D eigenvalue weighted by molar-refractivity contribution is 6.30. The molecule has 0 heterocycles. The minimum atomic E-state index is -0.634. The Balaban J connectivity index is 2.20. The Labute approximate surface area is 208 Å². The molecule has 2 rings (SSSR count). The fourth-order valence-corrected chi connectivity index (χ4v) is 3.75. The van der Waals surface area contributed by atoms with Crippen molar-refractivity contribution in [2.75, 3.05) is 13.2 Å². The van der Waals surface area contributed by atoms with Crippen molar-refractivity contribution < 1.29 is 19.1 Å². The number of nitrogens with one attached hydrogen (secondary N) is 1. The van der Waals surface area contributed by atoms with Crippen LogP contribution in [-0.4, -0.2) is 41.5 Å². The van der Waals surface area contributed by atoms with Gasteiger partial charge in [0.15, 0.2) is 11.5 Å². The molecule has 0 aromatic heterocycles. The van der Waals surface area contributed by atoms with E-state index in [1.54, 1.807) is 17.9 Å². The monoisotopic (exact) mass is 488 g/mol. The van der Waals surface area contributed by atoms with E-state index in [-0.39, 0.29) is 18.2 Å². The van der Waals surface area contributed by atoms with Gasteiger partial charge in [0, 0.05) is 23.5 Å². The molecule has 2 aromatic carbocycles. The zero-order valence-corrected chi connectivity index (χ0v) is 21.9. The molecular weight excluding hydrogens is 452 g/mol. The first-order valence-corrected chi connectivity index (χ1v) is 12.2. The number of carbonyl (C=O) groups excluding carboxylic acids is 2. The van der Waals surface area contributed by atoms with Gasteiger partial charge in [0.2, 0.25) is 11.8 Å². The normalized spacial score (nSPS) is 12.1. The molecule has 0 bridgehead atoms. The largest absolute Gasteiger partial charge is 0.490 e. The Hall–Kier alpha value is -2.73. The number of hydrogen-bond donors (Lipinski definition) is 1. The van der Waals surface area contributed by atoms with Gasteiger partial charge < -0.3 is 19.7 Å². The Bertz CT molecular complexity index is 971. The highest BCUT2D eigenvalue weighted by atomic mass is 35.5. The quantitative estimate of drug-likeness (QED) is 0.459. The number of halogens is 1. The van der Waals surface area contributed by atoms with Gasteiger partial charge in [0.1, 0.15) is 6.04 Å². The number of hydrogen-bond acceptors (Lipinski definition) is 4. The Kier molecular flexibility index (Phi) is 10.2. The van der Waals surface area contributed by atoms with Crippen molar-refractivity contribution in [2.45, 2.75) is 72.5 Å². The highest BCUT2D eigenvalue weighted by Gasteiger charge is 2.28. The van der Waals surface area contributed by atoms with Crippen LogP contribution in [0.3, 0.4) is 0 Å². The summed E-state index contributed by atoms with van der Waals surface area (Å²) in [6.07, 6.45) is 0.776. The van der Waals surface area contributed by atoms with Crippen LogP contribution >= 0.6 is 11.6 Å². The molecule has 0 radical (unpaired) electrons. The van der Waals surface area contributed by atoms with E-state index in [1.165, 1.54) is 0 Å². The molecule has 6 nitrogen and oxygen atoms in total. The van der Waals surface area contributed by atoms with Crippen molar-refractivity contribution >= 4 is 23.4 Å². The predicted molar refractivity (Wildman–Crippen MR) is 136 cm³/mol. The van der Waals surface area contributed by atoms with Crippen molar-refractivity contribution in [3.05, 3.63) is 58.6 Å². The summed E-state index contributed by atoms with van der Waals surface area (Å²) in [7, 11) is 0. The molecular formula is C27H37ClN2O4. The summed E-state index contributed by atoms with van der Waals surface area (Å²) in [5.74, 6) is 1.06. The number of rotatable bonds is 11. The van der Waals surface area contributed by atoms with Crippen molar-refractivity contribution in [2.24, 2.45) is 0 Å². The molecule has 1 atom stereocenters. The second-order valence-electron chi connectivity index (χ2n) is 9.21. The van der Waals surface area contributed by atoms with E-state index in [9.17, 15) is 9.59 Å². The van der Waals surface area contributed by atoms with Crippen LogP contribution in [0.15, 0.2) is 42.5 Å². The summed E-state index contributed by atoms with van der Waals surface area (Å²) in [5, 5.41) is 3.57. The van der Waals surface area contributed by atoms with Crippen LogP contribution < -0.4 is 14.8 Å². The SMILES string of the molecule is CCOc1ccc(CCC(=O)N(Cc2cccc(Cl)c2)[C@@H](C)C(=O)NC(C)(C)C)cc1OCC. The Morgan fingerprint density at radius 3 is 2.29 bits per heavy atom. The van der Waals surface area contributed by atoms with E-state index in [1.807, 2.05) is 71.0 Å². The summed E-state index contributed by atoms with van der Waals surface area (Å²) in [5.41, 5.74) is 1.44. The molecule has 0 aliphatic heterocycles. The smallest absolute Gasteiger partial charge is 0.242 e. The minimum Gasteiger partial charge on any atom is -0.490 e. The first-order valence-electron chi connectivity index (χ1n) is 11.8. The second kappa shape index (κ2) is 12.7. The number of aryl methyl sites for hydroxylation is 1. The molecule has 2 aromatic rings. The number of nitrogens with zero attached hydrogens (tertiary/aromatic N) is 1. The molecule has 2 amide bonds. The van der Waals surface area contributed by atoms with Gasteiger partial charge in [0.05, 0.1) is 13.2 Å². The lowest BCUT2D eigenvalue weighted by Gasteiger charge is -2.31. The zero-order chi connectivity index (χ0) is 25.3. The van der Waals surface area contributed by atoms with Gasteiger partial charge in [-0.2, -0.15) is 0 Å². The van der Waals surface area contributed by atoms with Gasteiger partial charge in [-0.15, -0.1) is 0 Å². The molecule has 1 N–H and O–H groups in total. The van der Waals surface area contributed by atoms with Gasteiger partial charge in [-0.3, -0.25) is 9.59 Å². The van der Waals surface area contributed by atoms with Crippen LogP contribution in [0.2, 0.25) is 5.02 Å². The van der Waals surface area contributed by atoms with Crippen LogP contribution in [-0.2, 0) is 22.6 Å². The van der Waals surface area contributed by atoms with Crippen LogP contribution in [0.1, 0.15) is 59.1 Å². The van der Waals surface area contributed by atoms with Crippen molar-refractivity contribution in [3.8, 4) is 11.5 Å². The zero-order valence-electron chi connectivity index (χ0n) is 21.1. The van der Waals surface area contributed by atoms with E-state index in [0.717, 1.165) is 11.1 Å². The van der Waals surface area contributed by atoms with E-state index >= 15 is 0 Å². The first kappa shape index (κ1) is 27.5. The Morgan fingerprint density at radius 1 is 1.00 bits per heavy atom. The summed E-state index contributed by atoms with van der Waals surface area (Å²) in [4.78, 5) is 27.9. The van der Waals surface area contributed by atoms with E-state index in [0.29, 0.717) is 42.7 Å². The number of benzene rings is 2. The lowest BCUT2D eigenvalue weighted by atomic mass is 10.1. The number of amides is 2. The average Bonchev–Trinajstić information content (AvgIpc) is 2.76. The molecule has 0 saturated heterocycles. The number of ether oxygens (including phenoxy) is 2. The van der Waals surface area contributed by atoms with Crippen LogP contribution in [0.25, 0.3) is 0 Å². The summed E-state index contributed by atoms with van der Waals surface area (Å²) >= 11 is 6.15. The molecule has 0 saturated carbocycles. The summed E-state index contributed by atoms with van der Waals surface area (Å²) in [6.45, 7) is 12.7. The van der Waals surface area contributed by atoms with Crippen molar-refractivity contribution in [3.63, 3.8) is 0 Å². The standard InChI is InChI=1S/C27H37ClN2O4/c1-7-33-23-14-12-20(17-24(23)34-8-2)13-15-25(31)30(18-21-10-9-11-22(28)16-21)19(3)26(32)29-27(4,5)6/h9-12,14,16-17,19H,7-8,13,15,18H2,1-6H3,(H,29,32)/t19-/m0/s1. The van der Waals surface area contributed by atoms with Crippen LogP contribution in [0, 0.1) is 0 Å². The van der Waals surface area contributed by atoms with Gasteiger partial charge in [0.25, 0.3) is 0 Å². The first-order chi connectivity index (χ1) is 16.0. The number of carbonyl (C=O) groups is 2. The van der Waals surface area contributed by atoms with Gasteiger partial charge in [-0.1, -0.05) is 29.8 Å². The molecule has 0 aliphatic carbocycles. The maximum atomic E-state index is 13.4. The van der Waals surface area contributed by atoms with Crippen LogP contribution in [0.5, 0.6) is 11.5 Å². The molecule has 0 spiro atoms. The average molecular weight is 489 g/mol. The summed E-state index contributed by atoms with van der Waals surface area (Å²) in [6, 6.07) is 12.4. The third kappa shape index (κ3) is 8.56. The van der Waals surface area contributed by atoms with Gasteiger partial charge in [-0.25, -0.2) is 0 Å². The molecule has 34 heavy (non-hydrogen) atoms. The predicted octanol–water partition coefficient (Wildman–Crippen LogP) is 5.40. The minimum absolute atomic E-state index is 0.108. The van der Waals surface area contributed by atoms with E-state index < -0.39 is 11.6 Å². The molecule has 0 fully saturated rings. The van der Waals surface area contributed by atoms with Gasteiger partial charge in [-0.05, 0) is 83.4 Å². The molecule has 0 unspecified atom stereocenters. The maximum Gasteiger partial charge on any atom is 0.242 e. The van der Waals surface area contributed by atoms with Gasteiger partial charge >= 0.3 is 0 Å². The molecule has 0 aliphatic rings. The van der Waals surface area contributed by atoms with Crippen LogP contribution in [0.4, 0.5) is 0 Å².